The lowest BCUT2D eigenvalue weighted by Gasteiger charge is -2.06. The third kappa shape index (κ3) is 4.49. The molecule has 5 N–H and O–H groups in total. The number of nitrogens with two attached hydrogens (primary N) is 1. The molecule has 0 aliphatic heterocycles. The normalized spacial score (nSPS) is 10.8. The molecule has 0 atom stereocenters. The van der Waals surface area contributed by atoms with E-state index in [4.69, 9.17) is 5.73 Å². The second kappa shape index (κ2) is 8.31. The zero-order valence-corrected chi connectivity index (χ0v) is 14.4. The fourth-order valence-electron chi connectivity index (χ4n) is 2.85. The van der Waals surface area contributed by atoms with Crippen LogP contribution in [-0.2, 0) is 17.8 Å². The lowest BCUT2D eigenvalue weighted by atomic mass is 10.1. The van der Waals surface area contributed by atoms with Gasteiger partial charge in [-0.05, 0) is 42.3 Å². The highest BCUT2D eigenvalue weighted by Crippen LogP contribution is 2.20. The molecule has 2 amide bonds. The largest absolute Gasteiger partial charge is 0.368 e. The van der Waals surface area contributed by atoms with Gasteiger partial charge in [0.1, 0.15) is 0 Å². The van der Waals surface area contributed by atoms with Crippen molar-refractivity contribution in [3.8, 4) is 0 Å². The molecule has 0 saturated carbocycles. The predicted octanol–water partition coefficient (Wildman–Crippen LogP) is 1.72. The molecule has 0 fully saturated rings. The average Bonchev–Trinajstić information content (AvgIpc) is 3.06. The van der Waals surface area contributed by atoms with E-state index in [9.17, 15) is 9.59 Å². The Morgan fingerprint density at radius 3 is 2.65 bits per heavy atom. The Bertz CT molecular complexity index is 903. The monoisotopic (exact) mass is 350 g/mol. The number of hydrogen-bond donors (Lipinski definition) is 4. The number of primary amides is 1. The summed E-state index contributed by atoms with van der Waals surface area (Å²) >= 11 is 0. The first-order valence-electron chi connectivity index (χ1n) is 8.54. The number of rotatable bonds is 8. The van der Waals surface area contributed by atoms with Crippen LogP contribution in [0, 0.1) is 0 Å². The molecule has 1 aromatic heterocycles. The average molecular weight is 350 g/mol. The topological polar surface area (TPSA) is 100 Å². The van der Waals surface area contributed by atoms with Gasteiger partial charge in [0.15, 0.2) is 0 Å². The van der Waals surface area contributed by atoms with Gasteiger partial charge < -0.3 is 21.4 Å². The SMILES string of the molecule is NC(=O)CNC(=O)c1ccc2[nH]cc(CCNCc3ccccc3)c2c1. The summed E-state index contributed by atoms with van der Waals surface area (Å²) in [6.45, 7) is 1.49. The van der Waals surface area contributed by atoms with E-state index in [0.717, 1.165) is 36.0 Å². The molecule has 0 aliphatic rings. The highest BCUT2D eigenvalue weighted by atomic mass is 16.2. The summed E-state index contributed by atoms with van der Waals surface area (Å²) in [4.78, 5) is 26.1. The van der Waals surface area contributed by atoms with Crippen molar-refractivity contribution in [2.75, 3.05) is 13.1 Å². The number of hydrogen-bond acceptors (Lipinski definition) is 3. The third-order valence-electron chi connectivity index (χ3n) is 4.20. The van der Waals surface area contributed by atoms with Gasteiger partial charge in [-0.15, -0.1) is 0 Å². The summed E-state index contributed by atoms with van der Waals surface area (Å²) in [6.07, 6.45) is 2.82. The Balaban J connectivity index is 1.62. The Labute approximate surface area is 151 Å². The first kappa shape index (κ1) is 17.7. The Morgan fingerprint density at radius 1 is 1.08 bits per heavy atom. The molecule has 3 rings (SSSR count). The van der Waals surface area contributed by atoms with E-state index in [2.05, 4.69) is 27.8 Å². The fourth-order valence-corrected chi connectivity index (χ4v) is 2.85. The predicted molar refractivity (Wildman–Crippen MR) is 102 cm³/mol. The number of carbonyl (C=O) groups excluding carboxylic acids is 2. The Morgan fingerprint density at radius 2 is 1.88 bits per heavy atom. The molecule has 6 nitrogen and oxygen atoms in total. The van der Waals surface area contributed by atoms with E-state index in [-0.39, 0.29) is 12.5 Å². The van der Waals surface area contributed by atoms with E-state index in [0.29, 0.717) is 5.56 Å². The smallest absolute Gasteiger partial charge is 0.251 e. The van der Waals surface area contributed by atoms with E-state index in [1.807, 2.05) is 36.5 Å². The molecule has 6 heteroatoms. The number of carbonyl (C=O) groups is 2. The first-order chi connectivity index (χ1) is 12.6. The summed E-state index contributed by atoms with van der Waals surface area (Å²) < 4.78 is 0. The summed E-state index contributed by atoms with van der Waals surface area (Å²) in [5, 5.41) is 6.95. The minimum Gasteiger partial charge on any atom is -0.368 e. The molecule has 1 heterocycles. The molecule has 0 aliphatic carbocycles. The molecular formula is C20H22N4O2. The highest BCUT2D eigenvalue weighted by Gasteiger charge is 2.10. The van der Waals surface area contributed by atoms with Crippen LogP contribution < -0.4 is 16.4 Å². The van der Waals surface area contributed by atoms with Gasteiger partial charge in [0, 0.05) is 29.2 Å². The van der Waals surface area contributed by atoms with E-state index >= 15 is 0 Å². The molecule has 0 spiro atoms. The van der Waals surface area contributed by atoms with Crippen molar-refractivity contribution in [3.05, 3.63) is 71.4 Å². The van der Waals surface area contributed by atoms with E-state index in [1.54, 1.807) is 6.07 Å². The maximum absolute atomic E-state index is 12.1. The molecule has 134 valence electrons. The van der Waals surface area contributed by atoms with Gasteiger partial charge in [-0.2, -0.15) is 0 Å². The van der Waals surface area contributed by atoms with Crippen LogP contribution in [0.3, 0.4) is 0 Å². The van der Waals surface area contributed by atoms with E-state index in [1.165, 1.54) is 5.56 Å². The van der Waals surface area contributed by atoms with Crippen LogP contribution in [0.15, 0.2) is 54.7 Å². The van der Waals surface area contributed by atoms with Crippen LogP contribution in [0.5, 0.6) is 0 Å². The number of H-pyrrole nitrogens is 1. The van der Waals surface area contributed by atoms with Gasteiger partial charge >= 0.3 is 0 Å². The number of amides is 2. The lowest BCUT2D eigenvalue weighted by Crippen LogP contribution is -2.33. The van der Waals surface area contributed by atoms with Gasteiger partial charge in [-0.25, -0.2) is 0 Å². The van der Waals surface area contributed by atoms with Crippen LogP contribution in [0.4, 0.5) is 0 Å². The highest BCUT2D eigenvalue weighted by molar-refractivity contribution is 6.00. The quantitative estimate of drug-likeness (QED) is 0.465. The molecule has 2 aromatic carbocycles. The van der Waals surface area contributed by atoms with Crippen LogP contribution >= 0.6 is 0 Å². The zero-order valence-electron chi connectivity index (χ0n) is 14.4. The Kier molecular flexibility index (Phi) is 5.66. The molecular weight excluding hydrogens is 328 g/mol. The fraction of sp³-hybridized carbons (Fsp3) is 0.200. The van der Waals surface area contributed by atoms with Crippen LogP contribution in [-0.4, -0.2) is 29.9 Å². The van der Waals surface area contributed by atoms with Crippen molar-refractivity contribution in [2.24, 2.45) is 5.73 Å². The molecule has 0 unspecified atom stereocenters. The van der Waals surface area contributed by atoms with Crippen LogP contribution in [0.2, 0.25) is 0 Å². The number of aromatic nitrogens is 1. The zero-order chi connectivity index (χ0) is 18.4. The van der Waals surface area contributed by atoms with Gasteiger partial charge in [0.05, 0.1) is 6.54 Å². The minimum absolute atomic E-state index is 0.166. The van der Waals surface area contributed by atoms with Crippen molar-refractivity contribution < 1.29 is 9.59 Å². The van der Waals surface area contributed by atoms with Crippen LogP contribution in [0.1, 0.15) is 21.5 Å². The van der Waals surface area contributed by atoms with Gasteiger partial charge in [-0.1, -0.05) is 30.3 Å². The number of nitrogens with one attached hydrogen (secondary N) is 3. The summed E-state index contributed by atoms with van der Waals surface area (Å²) in [5.74, 6) is -0.869. The van der Waals surface area contributed by atoms with Gasteiger partial charge in [0.25, 0.3) is 5.91 Å². The molecule has 0 bridgehead atoms. The van der Waals surface area contributed by atoms with Crippen molar-refractivity contribution in [1.29, 1.82) is 0 Å². The number of benzene rings is 2. The lowest BCUT2D eigenvalue weighted by molar-refractivity contribution is -0.117. The standard InChI is InChI=1S/C20H22N4O2/c21-19(25)13-24-20(26)15-6-7-18-17(10-15)16(12-23-18)8-9-22-11-14-4-2-1-3-5-14/h1-7,10,12,22-23H,8-9,11,13H2,(H2,21,25)(H,24,26). The van der Waals surface area contributed by atoms with Gasteiger partial charge in [-0.3, -0.25) is 9.59 Å². The van der Waals surface area contributed by atoms with Crippen molar-refractivity contribution in [1.82, 2.24) is 15.6 Å². The summed E-state index contributed by atoms with van der Waals surface area (Å²) in [6, 6.07) is 15.7. The molecule has 3 aromatic rings. The second-order valence-electron chi connectivity index (χ2n) is 6.14. The van der Waals surface area contributed by atoms with Crippen molar-refractivity contribution >= 4 is 22.7 Å². The number of aromatic amines is 1. The van der Waals surface area contributed by atoms with Gasteiger partial charge in [0.2, 0.25) is 5.91 Å². The van der Waals surface area contributed by atoms with Crippen molar-refractivity contribution in [3.63, 3.8) is 0 Å². The number of fused-ring (bicyclic) bond motifs is 1. The minimum atomic E-state index is -0.564. The molecule has 0 radical (unpaired) electrons. The maximum Gasteiger partial charge on any atom is 0.251 e. The third-order valence-corrected chi connectivity index (χ3v) is 4.20. The first-order valence-corrected chi connectivity index (χ1v) is 8.54. The molecule has 0 saturated heterocycles. The molecule has 26 heavy (non-hydrogen) atoms. The summed E-state index contributed by atoms with van der Waals surface area (Å²) in [7, 11) is 0. The van der Waals surface area contributed by atoms with E-state index < -0.39 is 5.91 Å². The maximum atomic E-state index is 12.1. The Hall–Kier alpha value is -3.12. The summed E-state index contributed by atoms with van der Waals surface area (Å²) in [5.41, 5.74) is 8.95. The van der Waals surface area contributed by atoms with Crippen LogP contribution in [0.25, 0.3) is 10.9 Å². The second-order valence-corrected chi connectivity index (χ2v) is 6.14. The van der Waals surface area contributed by atoms with Crippen molar-refractivity contribution in [2.45, 2.75) is 13.0 Å².